The van der Waals surface area contributed by atoms with Crippen LogP contribution in [0.3, 0.4) is 0 Å². The molecule has 0 aliphatic carbocycles. The number of amides is 1. The van der Waals surface area contributed by atoms with Gasteiger partial charge in [0.1, 0.15) is 0 Å². The molecule has 0 saturated carbocycles. The lowest BCUT2D eigenvalue weighted by molar-refractivity contribution is -0.0919. The first-order valence-corrected chi connectivity index (χ1v) is 8.38. The van der Waals surface area contributed by atoms with Gasteiger partial charge in [0.25, 0.3) is 5.91 Å². The summed E-state index contributed by atoms with van der Waals surface area (Å²) in [5.74, 6) is 0.367. The van der Waals surface area contributed by atoms with Crippen molar-refractivity contribution in [3.05, 3.63) is 54.2 Å². The first kappa shape index (κ1) is 15.4. The Morgan fingerprint density at radius 3 is 2.92 bits per heavy atom. The summed E-state index contributed by atoms with van der Waals surface area (Å²) in [4.78, 5) is 21.1. The Morgan fingerprint density at radius 1 is 1.25 bits per heavy atom. The van der Waals surface area contributed by atoms with Gasteiger partial charge in [0.05, 0.1) is 25.0 Å². The first-order valence-electron chi connectivity index (χ1n) is 8.38. The maximum Gasteiger partial charge on any atom is 0.290 e. The summed E-state index contributed by atoms with van der Waals surface area (Å²) in [5.41, 5.74) is 1.24. The van der Waals surface area contributed by atoms with Crippen LogP contribution in [-0.4, -0.2) is 59.1 Å². The number of rotatable bonds is 3. The predicted octanol–water partition coefficient (Wildman–Crippen LogP) is 1.79. The zero-order chi connectivity index (χ0) is 16.4. The van der Waals surface area contributed by atoms with E-state index in [1.807, 2.05) is 29.4 Å². The molecule has 0 unspecified atom stereocenters. The van der Waals surface area contributed by atoms with Crippen LogP contribution in [0.1, 0.15) is 22.5 Å². The molecule has 2 atom stereocenters. The van der Waals surface area contributed by atoms with Crippen molar-refractivity contribution in [2.24, 2.45) is 0 Å². The van der Waals surface area contributed by atoms with Crippen LogP contribution >= 0.6 is 0 Å². The molecule has 2 aliphatic heterocycles. The van der Waals surface area contributed by atoms with Gasteiger partial charge >= 0.3 is 0 Å². The fourth-order valence-corrected chi connectivity index (χ4v) is 3.62. The van der Waals surface area contributed by atoms with E-state index in [2.05, 4.69) is 9.88 Å². The van der Waals surface area contributed by atoms with Crippen molar-refractivity contribution in [1.29, 1.82) is 0 Å². The number of ether oxygens (including phenoxy) is 1. The van der Waals surface area contributed by atoms with Gasteiger partial charge < -0.3 is 14.1 Å². The Morgan fingerprint density at radius 2 is 2.12 bits per heavy atom. The second-order valence-corrected chi connectivity index (χ2v) is 6.33. The molecule has 0 bridgehead atoms. The van der Waals surface area contributed by atoms with Crippen LogP contribution < -0.4 is 0 Å². The lowest BCUT2D eigenvalue weighted by atomic mass is 9.98. The van der Waals surface area contributed by atoms with Gasteiger partial charge in [-0.2, -0.15) is 0 Å². The van der Waals surface area contributed by atoms with Crippen molar-refractivity contribution in [1.82, 2.24) is 14.8 Å². The average molecular weight is 327 g/mol. The van der Waals surface area contributed by atoms with E-state index in [9.17, 15) is 4.79 Å². The van der Waals surface area contributed by atoms with Gasteiger partial charge in [0.15, 0.2) is 5.76 Å². The highest BCUT2D eigenvalue weighted by Crippen LogP contribution is 2.25. The van der Waals surface area contributed by atoms with E-state index < -0.39 is 0 Å². The third-order valence-corrected chi connectivity index (χ3v) is 4.82. The number of pyridine rings is 1. The number of carbonyl (C=O) groups excluding carboxylic acids is 1. The number of hydrogen-bond acceptors (Lipinski definition) is 5. The highest BCUT2D eigenvalue weighted by atomic mass is 16.5. The van der Waals surface area contributed by atoms with E-state index in [1.165, 1.54) is 5.56 Å². The molecule has 0 radical (unpaired) electrons. The minimum atomic E-state index is -0.0379. The maximum absolute atomic E-state index is 12.7. The fourth-order valence-electron chi connectivity index (χ4n) is 3.62. The normalized spacial score (nSPS) is 24.6. The van der Waals surface area contributed by atoms with Crippen molar-refractivity contribution in [2.45, 2.75) is 25.1 Å². The van der Waals surface area contributed by atoms with Gasteiger partial charge in [-0.15, -0.1) is 0 Å². The molecule has 0 aromatic carbocycles. The Bertz CT molecular complexity index is 674. The molecule has 2 saturated heterocycles. The number of nitrogens with zero attached hydrogens (tertiary/aromatic N) is 3. The molecule has 0 N–H and O–H groups in total. The SMILES string of the molecule is O=C(c1ccco1)N1CCO[C@@H]2CCN(Cc3ccncc3)C[C@H]21. The Labute approximate surface area is 141 Å². The van der Waals surface area contributed by atoms with Gasteiger partial charge in [0.2, 0.25) is 0 Å². The second kappa shape index (κ2) is 6.75. The second-order valence-electron chi connectivity index (χ2n) is 6.33. The number of hydrogen-bond donors (Lipinski definition) is 0. The van der Waals surface area contributed by atoms with Gasteiger partial charge in [0, 0.05) is 38.6 Å². The van der Waals surface area contributed by atoms with E-state index in [-0.39, 0.29) is 18.1 Å². The van der Waals surface area contributed by atoms with Crippen LogP contribution in [0.5, 0.6) is 0 Å². The lowest BCUT2D eigenvalue weighted by Gasteiger charge is -2.46. The summed E-state index contributed by atoms with van der Waals surface area (Å²) in [6.07, 6.45) is 6.24. The highest BCUT2D eigenvalue weighted by molar-refractivity contribution is 5.91. The van der Waals surface area contributed by atoms with Gasteiger partial charge in [-0.1, -0.05) is 0 Å². The van der Waals surface area contributed by atoms with Crippen molar-refractivity contribution < 1.29 is 13.9 Å². The summed E-state index contributed by atoms with van der Waals surface area (Å²) >= 11 is 0. The molecule has 6 nitrogen and oxygen atoms in total. The summed E-state index contributed by atoms with van der Waals surface area (Å²) < 4.78 is 11.2. The molecule has 2 fully saturated rings. The average Bonchev–Trinajstić information content (AvgIpc) is 3.16. The van der Waals surface area contributed by atoms with Gasteiger partial charge in [-0.05, 0) is 36.2 Å². The molecule has 2 aliphatic rings. The zero-order valence-corrected chi connectivity index (χ0v) is 13.5. The van der Waals surface area contributed by atoms with Crippen molar-refractivity contribution in [3.63, 3.8) is 0 Å². The summed E-state index contributed by atoms with van der Waals surface area (Å²) in [6, 6.07) is 7.63. The molecular formula is C18H21N3O3. The van der Waals surface area contributed by atoms with Crippen molar-refractivity contribution in [3.8, 4) is 0 Å². The third kappa shape index (κ3) is 3.07. The molecule has 2 aromatic rings. The first-order chi connectivity index (χ1) is 11.8. The zero-order valence-electron chi connectivity index (χ0n) is 13.5. The molecule has 4 rings (SSSR count). The molecule has 1 amide bonds. The standard InChI is InChI=1S/C18H21N3O3/c22-18(17-2-1-10-23-17)21-9-11-24-16-5-8-20(13-15(16)21)12-14-3-6-19-7-4-14/h1-4,6-7,10,15-16H,5,8-9,11-13H2/t15-,16-/m1/s1. The molecule has 2 aromatic heterocycles. The van der Waals surface area contributed by atoms with Gasteiger partial charge in [-0.25, -0.2) is 0 Å². The summed E-state index contributed by atoms with van der Waals surface area (Å²) in [6.45, 7) is 3.88. The largest absolute Gasteiger partial charge is 0.459 e. The lowest BCUT2D eigenvalue weighted by Crippen LogP contribution is -2.61. The Kier molecular flexibility index (Phi) is 4.32. The van der Waals surface area contributed by atoms with E-state index in [4.69, 9.17) is 9.15 Å². The van der Waals surface area contributed by atoms with Crippen LogP contribution in [-0.2, 0) is 11.3 Å². The van der Waals surface area contributed by atoms with E-state index in [0.717, 1.165) is 26.1 Å². The molecular weight excluding hydrogens is 306 g/mol. The van der Waals surface area contributed by atoms with Crippen LogP contribution in [0, 0.1) is 0 Å². The van der Waals surface area contributed by atoms with Crippen LogP contribution in [0.4, 0.5) is 0 Å². The monoisotopic (exact) mass is 327 g/mol. The molecule has 0 spiro atoms. The minimum Gasteiger partial charge on any atom is -0.459 e. The van der Waals surface area contributed by atoms with Crippen LogP contribution in [0.15, 0.2) is 47.3 Å². The summed E-state index contributed by atoms with van der Waals surface area (Å²) in [7, 11) is 0. The number of morpholine rings is 1. The molecule has 4 heterocycles. The highest BCUT2D eigenvalue weighted by Gasteiger charge is 2.40. The van der Waals surface area contributed by atoms with E-state index in [1.54, 1.807) is 18.4 Å². The third-order valence-electron chi connectivity index (χ3n) is 4.82. The smallest absolute Gasteiger partial charge is 0.290 e. The maximum atomic E-state index is 12.7. The molecule has 24 heavy (non-hydrogen) atoms. The predicted molar refractivity (Wildman–Crippen MR) is 87.4 cm³/mol. The Hall–Kier alpha value is -2.18. The van der Waals surface area contributed by atoms with Crippen molar-refractivity contribution in [2.75, 3.05) is 26.2 Å². The number of piperidine rings is 1. The summed E-state index contributed by atoms with van der Waals surface area (Å²) in [5, 5.41) is 0. The molecule has 126 valence electrons. The number of furan rings is 1. The van der Waals surface area contributed by atoms with E-state index in [0.29, 0.717) is 18.9 Å². The molecule has 6 heteroatoms. The fraction of sp³-hybridized carbons (Fsp3) is 0.444. The van der Waals surface area contributed by atoms with E-state index >= 15 is 0 Å². The number of carbonyl (C=O) groups is 1. The van der Waals surface area contributed by atoms with Crippen molar-refractivity contribution >= 4 is 5.91 Å². The van der Waals surface area contributed by atoms with Crippen LogP contribution in [0.2, 0.25) is 0 Å². The quantitative estimate of drug-likeness (QED) is 0.860. The number of likely N-dealkylation sites (tertiary alicyclic amines) is 1. The minimum absolute atomic E-state index is 0.0379. The Balaban J connectivity index is 1.48. The number of aromatic nitrogens is 1. The van der Waals surface area contributed by atoms with Crippen LogP contribution in [0.25, 0.3) is 0 Å². The van der Waals surface area contributed by atoms with Gasteiger partial charge in [-0.3, -0.25) is 14.7 Å². The topological polar surface area (TPSA) is 58.8 Å². The number of fused-ring (bicyclic) bond motifs is 1.